The average molecular weight is 577 g/mol. The maximum Gasteiger partial charge on any atom is 0.217 e. The Hall–Kier alpha value is -3.16. The third-order valence-corrected chi connectivity index (χ3v) is 9.19. The van der Waals surface area contributed by atoms with E-state index in [4.69, 9.17) is 9.72 Å². The van der Waals surface area contributed by atoms with Crippen LogP contribution < -0.4 is 4.74 Å². The van der Waals surface area contributed by atoms with Crippen LogP contribution in [0.15, 0.2) is 65.8 Å². The quantitative estimate of drug-likeness (QED) is 0.168. The van der Waals surface area contributed by atoms with E-state index >= 15 is 4.39 Å². The van der Waals surface area contributed by atoms with Crippen LogP contribution in [0.4, 0.5) is 4.39 Å². The van der Waals surface area contributed by atoms with Crippen molar-refractivity contribution in [2.75, 3.05) is 33.7 Å². The number of aliphatic hydroxyl groups is 1. The number of hydrogen-bond donors (Lipinski definition) is 1. The van der Waals surface area contributed by atoms with Crippen molar-refractivity contribution < 1.29 is 14.2 Å². The Morgan fingerprint density at radius 1 is 1.12 bits per heavy atom. The van der Waals surface area contributed by atoms with Gasteiger partial charge < -0.3 is 14.7 Å². The van der Waals surface area contributed by atoms with Crippen LogP contribution in [0.2, 0.25) is 0 Å². The van der Waals surface area contributed by atoms with E-state index in [9.17, 15) is 10.4 Å². The Labute approximate surface area is 243 Å². The van der Waals surface area contributed by atoms with E-state index in [1.807, 2.05) is 55.8 Å². The molecule has 0 spiro atoms. The fourth-order valence-electron chi connectivity index (χ4n) is 5.15. The number of aryl methyl sites for hydroxylation is 1. The van der Waals surface area contributed by atoms with Gasteiger partial charge >= 0.3 is 0 Å². The van der Waals surface area contributed by atoms with Gasteiger partial charge in [0.25, 0.3) is 0 Å². The van der Waals surface area contributed by atoms with Gasteiger partial charge in [0.15, 0.2) is 0 Å². The molecule has 0 saturated carbocycles. The van der Waals surface area contributed by atoms with Crippen LogP contribution in [0, 0.1) is 24.1 Å². The number of ether oxygens (including phenoxy) is 1. The summed E-state index contributed by atoms with van der Waals surface area (Å²) >= 11 is 2.71. The van der Waals surface area contributed by atoms with Gasteiger partial charge in [0.05, 0.1) is 30.2 Å². The molecule has 0 saturated heterocycles. The molecule has 4 aromatic rings. The molecule has 0 bridgehead atoms. The zero-order chi connectivity index (χ0) is 29.0. The Morgan fingerprint density at radius 2 is 1.85 bits per heavy atom. The van der Waals surface area contributed by atoms with Crippen molar-refractivity contribution in [1.82, 2.24) is 14.9 Å². The SMILES string of the molecule is COc1nc2ccc(C#N)cc2cc1C(c1c(SC)ccc(C)c1F)C(O)(CC(c1ccncc1)N(C)C)SC. The molecular formula is C31H33FN4O2S2. The fourth-order valence-corrected chi connectivity index (χ4v) is 6.59. The molecule has 208 valence electrons. The third kappa shape index (κ3) is 5.81. The maximum absolute atomic E-state index is 16.3. The second-order valence-corrected chi connectivity index (χ2v) is 11.8. The van der Waals surface area contributed by atoms with Crippen molar-refractivity contribution >= 4 is 34.4 Å². The van der Waals surface area contributed by atoms with Crippen molar-refractivity contribution in [2.24, 2.45) is 0 Å². The van der Waals surface area contributed by atoms with Crippen molar-refractivity contribution in [2.45, 2.75) is 35.1 Å². The Morgan fingerprint density at radius 3 is 2.45 bits per heavy atom. The van der Waals surface area contributed by atoms with Gasteiger partial charge in [0.1, 0.15) is 10.8 Å². The number of halogens is 1. The minimum atomic E-state index is -1.49. The molecule has 0 aliphatic rings. The number of aromatic nitrogens is 2. The lowest BCUT2D eigenvalue weighted by Crippen LogP contribution is -2.39. The van der Waals surface area contributed by atoms with E-state index < -0.39 is 10.9 Å². The lowest BCUT2D eigenvalue weighted by molar-refractivity contribution is 0.0751. The summed E-state index contributed by atoms with van der Waals surface area (Å²) in [5.74, 6) is -0.928. The molecule has 0 radical (unpaired) electrons. The van der Waals surface area contributed by atoms with Crippen LogP contribution in [0.5, 0.6) is 5.88 Å². The van der Waals surface area contributed by atoms with Gasteiger partial charge in [0, 0.05) is 46.3 Å². The number of fused-ring (bicyclic) bond motifs is 1. The zero-order valence-corrected chi connectivity index (χ0v) is 25.1. The Kier molecular flexibility index (Phi) is 9.37. The molecule has 3 unspecified atom stereocenters. The monoisotopic (exact) mass is 576 g/mol. The van der Waals surface area contributed by atoms with Crippen LogP contribution in [-0.4, -0.2) is 58.6 Å². The zero-order valence-electron chi connectivity index (χ0n) is 23.5. The smallest absolute Gasteiger partial charge is 0.217 e. The van der Waals surface area contributed by atoms with Crippen molar-refractivity contribution in [1.29, 1.82) is 5.26 Å². The van der Waals surface area contributed by atoms with E-state index in [2.05, 4.69) is 11.1 Å². The normalized spacial score (nSPS) is 14.5. The van der Waals surface area contributed by atoms with Crippen LogP contribution in [-0.2, 0) is 0 Å². The van der Waals surface area contributed by atoms with Gasteiger partial charge in [-0.05, 0) is 87.1 Å². The largest absolute Gasteiger partial charge is 0.481 e. The van der Waals surface area contributed by atoms with Crippen LogP contribution in [0.1, 0.15) is 46.2 Å². The molecule has 1 N–H and O–H groups in total. The first kappa shape index (κ1) is 29.8. The van der Waals surface area contributed by atoms with E-state index in [1.165, 1.54) is 30.6 Å². The number of nitriles is 1. The van der Waals surface area contributed by atoms with Crippen LogP contribution in [0.25, 0.3) is 10.9 Å². The minimum absolute atomic E-state index is 0.196. The van der Waals surface area contributed by atoms with E-state index in [0.29, 0.717) is 39.0 Å². The van der Waals surface area contributed by atoms with Gasteiger partial charge in [0.2, 0.25) is 5.88 Å². The summed E-state index contributed by atoms with van der Waals surface area (Å²) < 4.78 is 22.1. The highest BCUT2D eigenvalue weighted by Crippen LogP contribution is 2.52. The van der Waals surface area contributed by atoms with Crippen LogP contribution >= 0.6 is 23.5 Å². The van der Waals surface area contributed by atoms with Gasteiger partial charge in [-0.3, -0.25) is 4.98 Å². The highest BCUT2D eigenvalue weighted by molar-refractivity contribution is 7.99. The Bertz CT molecular complexity index is 1540. The van der Waals surface area contributed by atoms with Gasteiger partial charge in [-0.15, -0.1) is 23.5 Å². The molecule has 40 heavy (non-hydrogen) atoms. The molecule has 2 aromatic heterocycles. The molecule has 0 aliphatic carbocycles. The standard InChI is InChI=1S/C31H33FN4O2S2/c1-19-7-10-26(39-5)27(29(19)32)28(23-16-22-15-20(18-33)8-9-24(22)35-30(23)38-4)31(37,40-6)17-25(36(2)3)21-11-13-34-14-12-21/h7-16,25,28,37H,17H2,1-6H3. The summed E-state index contributed by atoms with van der Waals surface area (Å²) in [6, 6.07) is 16.6. The summed E-state index contributed by atoms with van der Waals surface area (Å²) in [5.41, 5.74) is 3.55. The van der Waals surface area contributed by atoms with E-state index in [0.717, 1.165) is 10.5 Å². The van der Waals surface area contributed by atoms with Crippen molar-refractivity contribution in [3.8, 4) is 11.9 Å². The van der Waals surface area contributed by atoms with Gasteiger partial charge in [-0.25, -0.2) is 9.37 Å². The molecule has 9 heteroatoms. The number of pyridine rings is 2. The minimum Gasteiger partial charge on any atom is -0.481 e. The topological polar surface area (TPSA) is 82.3 Å². The molecule has 2 aromatic carbocycles. The number of hydrogen-bond acceptors (Lipinski definition) is 8. The lowest BCUT2D eigenvalue weighted by Gasteiger charge is -2.40. The summed E-state index contributed by atoms with van der Waals surface area (Å²) in [7, 11) is 5.45. The molecule has 6 nitrogen and oxygen atoms in total. The number of benzene rings is 2. The van der Waals surface area contributed by atoms with Gasteiger partial charge in [-0.2, -0.15) is 5.26 Å². The molecule has 2 heterocycles. The molecule has 0 amide bonds. The number of rotatable bonds is 10. The second-order valence-electron chi connectivity index (χ2n) is 9.86. The highest BCUT2D eigenvalue weighted by atomic mass is 32.2. The molecule has 3 atom stereocenters. The molecule has 0 aliphatic heterocycles. The predicted molar refractivity (Wildman–Crippen MR) is 162 cm³/mol. The average Bonchev–Trinajstić information content (AvgIpc) is 2.97. The first-order valence-corrected chi connectivity index (χ1v) is 15.2. The summed E-state index contributed by atoms with van der Waals surface area (Å²) in [5, 5.41) is 22.9. The molecule has 0 fully saturated rings. The number of methoxy groups -OCH3 is 1. The van der Waals surface area contributed by atoms with Crippen LogP contribution in [0.3, 0.4) is 0 Å². The summed E-state index contributed by atoms with van der Waals surface area (Å²) in [4.78, 5) is 10.2. The molecule has 4 rings (SSSR count). The number of thioether (sulfide) groups is 2. The number of nitrogens with zero attached hydrogens (tertiary/aromatic N) is 4. The van der Waals surface area contributed by atoms with Crippen molar-refractivity contribution in [3.63, 3.8) is 0 Å². The predicted octanol–water partition coefficient (Wildman–Crippen LogP) is 6.56. The lowest BCUT2D eigenvalue weighted by atomic mass is 9.81. The summed E-state index contributed by atoms with van der Waals surface area (Å²) in [6.07, 6.45) is 7.48. The second kappa shape index (κ2) is 12.6. The van der Waals surface area contributed by atoms with E-state index in [1.54, 1.807) is 43.6 Å². The molecular weight excluding hydrogens is 543 g/mol. The van der Waals surface area contributed by atoms with E-state index in [-0.39, 0.29) is 18.3 Å². The fraction of sp³-hybridized carbons (Fsp3) is 0.323. The maximum atomic E-state index is 16.3. The first-order chi connectivity index (χ1) is 19.2. The van der Waals surface area contributed by atoms with Crippen molar-refractivity contribution in [3.05, 3.63) is 94.6 Å². The Balaban J connectivity index is 2.05. The first-order valence-electron chi connectivity index (χ1n) is 12.7. The summed E-state index contributed by atoms with van der Waals surface area (Å²) in [6.45, 7) is 1.73. The third-order valence-electron chi connectivity index (χ3n) is 7.29. The highest BCUT2D eigenvalue weighted by Gasteiger charge is 2.45. The van der Waals surface area contributed by atoms with Gasteiger partial charge in [-0.1, -0.05) is 6.07 Å².